The number of aromatic amines is 1. The maximum absolute atomic E-state index is 4.49. The minimum Gasteiger partial charge on any atom is -0.342 e. The Balaban J connectivity index is 1.75. The lowest BCUT2D eigenvalue weighted by atomic mass is 10.0. The quantitative estimate of drug-likeness (QED) is 0.882. The largest absolute Gasteiger partial charge is 0.342 e. The van der Waals surface area contributed by atoms with Crippen molar-refractivity contribution in [3.05, 3.63) is 41.9 Å². The predicted molar refractivity (Wildman–Crippen MR) is 78.2 cm³/mol. The van der Waals surface area contributed by atoms with E-state index >= 15 is 0 Å². The minimum absolute atomic E-state index is 0.564. The highest BCUT2D eigenvalue weighted by molar-refractivity contribution is 5.59. The lowest BCUT2D eigenvalue weighted by molar-refractivity contribution is 0.433. The van der Waals surface area contributed by atoms with Gasteiger partial charge in [0.25, 0.3) is 0 Å². The van der Waals surface area contributed by atoms with Crippen LogP contribution in [0.25, 0.3) is 11.3 Å². The number of nitrogens with zero attached hydrogens (tertiary/aromatic N) is 1. The Labute approximate surface area is 114 Å². The minimum atomic E-state index is 0.564. The molecule has 0 spiro atoms. The first-order valence-electron chi connectivity index (χ1n) is 7.07. The Bertz CT molecular complexity index is 535. The summed E-state index contributed by atoms with van der Waals surface area (Å²) in [6.45, 7) is 6.59. The van der Waals surface area contributed by atoms with Crippen LogP contribution in [-0.2, 0) is 6.42 Å². The van der Waals surface area contributed by atoms with E-state index in [1.807, 2.05) is 6.20 Å². The van der Waals surface area contributed by atoms with Crippen molar-refractivity contribution in [2.45, 2.75) is 26.2 Å². The Morgan fingerprint density at radius 3 is 2.53 bits per heavy atom. The zero-order valence-electron chi connectivity index (χ0n) is 11.6. The molecule has 2 aromatic rings. The first-order chi connectivity index (χ1) is 9.22. The van der Waals surface area contributed by atoms with E-state index < -0.39 is 0 Å². The van der Waals surface area contributed by atoms with Crippen molar-refractivity contribution < 1.29 is 0 Å². The molecule has 0 saturated carbocycles. The molecule has 2 N–H and O–H groups in total. The second kappa shape index (κ2) is 5.17. The van der Waals surface area contributed by atoms with Crippen molar-refractivity contribution >= 4 is 0 Å². The number of imidazole rings is 1. The fourth-order valence-electron chi connectivity index (χ4n) is 2.46. The second-order valence-electron chi connectivity index (χ2n) is 5.83. The van der Waals surface area contributed by atoms with Crippen LogP contribution in [0.2, 0.25) is 0 Å². The molecule has 100 valence electrons. The lowest BCUT2D eigenvalue weighted by Crippen LogP contribution is -2.40. The molecular weight excluding hydrogens is 234 g/mol. The Hall–Kier alpha value is -1.61. The van der Waals surface area contributed by atoms with E-state index in [0.29, 0.717) is 11.8 Å². The maximum Gasteiger partial charge on any atom is 0.112 e. The lowest BCUT2D eigenvalue weighted by Gasteiger charge is -2.24. The number of hydrogen-bond acceptors (Lipinski definition) is 2. The summed E-state index contributed by atoms with van der Waals surface area (Å²) >= 11 is 0. The smallest absolute Gasteiger partial charge is 0.112 e. The second-order valence-corrected chi connectivity index (χ2v) is 5.83. The summed E-state index contributed by atoms with van der Waals surface area (Å²) in [5.41, 5.74) is 3.75. The summed E-state index contributed by atoms with van der Waals surface area (Å²) in [7, 11) is 0. The van der Waals surface area contributed by atoms with Crippen molar-refractivity contribution in [2.24, 2.45) is 5.92 Å². The molecule has 0 aliphatic carbocycles. The molecule has 0 atom stereocenters. The summed E-state index contributed by atoms with van der Waals surface area (Å²) in [6.07, 6.45) is 3.09. The predicted octanol–water partition coefficient (Wildman–Crippen LogP) is 2.96. The first kappa shape index (κ1) is 12.4. The van der Waals surface area contributed by atoms with Crippen LogP contribution in [0.3, 0.4) is 0 Å². The highest BCUT2D eigenvalue weighted by Gasteiger charge is 2.21. The molecule has 3 rings (SSSR count). The molecule has 0 unspecified atom stereocenters. The zero-order chi connectivity index (χ0) is 13.2. The highest BCUT2D eigenvalue weighted by atomic mass is 15.0. The summed E-state index contributed by atoms with van der Waals surface area (Å²) in [5, 5.41) is 3.27. The van der Waals surface area contributed by atoms with Crippen LogP contribution in [0.15, 0.2) is 30.5 Å². The normalized spacial score (nSPS) is 15.7. The van der Waals surface area contributed by atoms with E-state index in [0.717, 1.165) is 31.0 Å². The van der Waals surface area contributed by atoms with E-state index in [4.69, 9.17) is 0 Å². The van der Waals surface area contributed by atoms with Crippen molar-refractivity contribution in [1.29, 1.82) is 0 Å². The van der Waals surface area contributed by atoms with Gasteiger partial charge in [0.1, 0.15) is 5.82 Å². The van der Waals surface area contributed by atoms with Gasteiger partial charge >= 0.3 is 0 Å². The molecule has 3 nitrogen and oxygen atoms in total. The van der Waals surface area contributed by atoms with Crippen LogP contribution in [0.1, 0.15) is 31.2 Å². The monoisotopic (exact) mass is 255 g/mol. The molecule has 19 heavy (non-hydrogen) atoms. The number of benzene rings is 1. The van der Waals surface area contributed by atoms with Crippen molar-refractivity contribution in [3.63, 3.8) is 0 Å². The third-order valence-electron chi connectivity index (χ3n) is 3.67. The van der Waals surface area contributed by atoms with Gasteiger partial charge in [0.05, 0.1) is 11.9 Å². The number of rotatable bonds is 4. The molecule has 0 amide bonds. The van der Waals surface area contributed by atoms with Gasteiger partial charge in [-0.15, -0.1) is 0 Å². The van der Waals surface area contributed by atoms with Crippen molar-refractivity contribution in [2.75, 3.05) is 13.1 Å². The summed E-state index contributed by atoms with van der Waals surface area (Å²) in [5.74, 6) is 2.38. The summed E-state index contributed by atoms with van der Waals surface area (Å²) in [6, 6.07) is 8.82. The van der Waals surface area contributed by atoms with Crippen LogP contribution in [0, 0.1) is 5.92 Å². The third-order valence-corrected chi connectivity index (χ3v) is 3.67. The maximum atomic E-state index is 4.49. The van der Waals surface area contributed by atoms with Gasteiger partial charge in [-0.1, -0.05) is 38.1 Å². The third kappa shape index (κ3) is 2.71. The fraction of sp³-hybridized carbons (Fsp3) is 0.438. The Morgan fingerprint density at radius 1 is 1.21 bits per heavy atom. The van der Waals surface area contributed by atoms with E-state index in [-0.39, 0.29) is 0 Å². The topological polar surface area (TPSA) is 40.7 Å². The zero-order valence-corrected chi connectivity index (χ0v) is 11.6. The van der Waals surface area contributed by atoms with Gasteiger partial charge in [0, 0.05) is 19.0 Å². The molecule has 1 fully saturated rings. The SMILES string of the molecule is CC(C)Cc1ccc(-c2cnc(C3CNC3)[nH]2)cc1. The molecule has 3 heteroatoms. The molecule has 1 aromatic carbocycles. The van der Waals surface area contributed by atoms with Gasteiger partial charge in [-0.05, 0) is 23.5 Å². The molecule has 1 aromatic heterocycles. The van der Waals surface area contributed by atoms with Crippen LogP contribution in [0.5, 0.6) is 0 Å². The van der Waals surface area contributed by atoms with Crippen molar-refractivity contribution in [1.82, 2.24) is 15.3 Å². The molecule has 0 radical (unpaired) electrons. The van der Waals surface area contributed by atoms with E-state index in [1.54, 1.807) is 0 Å². The van der Waals surface area contributed by atoms with Crippen LogP contribution < -0.4 is 5.32 Å². The Kier molecular flexibility index (Phi) is 3.38. The Morgan fingerprint density at radius 2 is 1.95 bits per heavy atom. The van der Waals surface area contributed by atoms with Crippen molar-refractivity contribution in [3.8, 4) is 11.3 Å². The molecule has 0 bridgehead atoms. The number of aromatic nitrogens is 2. The molecule has 2 heterocycles. The van der Waals surface area contributed by atoms with E-state index in [1.165, 1.54) is 11.1 Å². The average molecular weight is 255 g/mol. The molecular formula is C16H21N3. The highest BCUT2D eigenvalue weighted by Crippen LogP contribution is 2.23. The number of nitrogens with one attached hydrogen (secondary N) is 2. The first-order valence-corrected chi connectivity index (χ1v) is 7.07. The van der Waals surface area contributed by atoms with Gasteiger partial charge in [-0.2, -0.15) is 0 Å². The van der Waals surface area contributed by atoms with Crippen LogP contribution in [-0.4, -0.2) is 23.1 Å². The number of hydrogen-bond donors (Lipinski definition) is 2. The van der Waals surface area contributed by atoms with Crippen LogP contribution in [0.4, 0.5) is 0 Å². The summed E-state index contributed by atoms with van der Waals surface area (Å²) in [4.78, 5) is 7.93. The number of H-pyrrole nitrogens is 1. The standard InChI is InChI=1S/C16H21N3/c1-11(2)7-12-3-5-13(6-4-12)15-10-18-16(19-15)14-8-17-9-14/h3-6,10-11,14,17H,7-9H2,1-2H3,(H,18,19). The van der Waals surface area contributed by atoms with Gasteiger partial charge in [0.15, 0.2) is 0 Å². The van der Waals surface area contributed by atoms with E-state index in [9.17, 15) is 0 Å². The van der Waals surface area contributed by atoms with Crippen LogP contribution >= 0.6 is 0 Å². The average Bonchev–Trinajstić information content (AvgIpc) is 2.76. The van der Waals surface area contributed by atoms with Gasteiger partial charge < -0.3 is 10.3 Å². The van der Waals surface area contributed by atoms with Gasteiger partial charge in [0.2, 0.25) is 0 Å². The summed E-state index contributed by atoms with van der Waals surface area (Å²) < 4.78 is 0. The fourth-order valence-corrected chi connectivity index (χ4v) is 2.46. The molecule has 1 aliphatic heterocycles. The van der Waals surface area contributed by atoms with Gasteiger partial charge in [-0.3, -0.25) is 0 Å². The molecule has 1 aliphatic rings. The molecule has 1 saturated heterocycles. The van der Waals surface area contributed by atoms with E-state index in [2.05, 4.69) is 53.4 Å². The van der Waals surface area contributed by atoms with Gasteiger partial charge in [-0.25, -0.2) is 4.98 Å².